The number of carbonyl (C=O) groups excluding carboxylic acids is 1. The van der Waals surface area contributed by atoms with Crippen molar-refractivity contribution >= 4 is 28.4 Å². The first kappa shape index (κ1) is 19.3. The van der Waals surface area contributed by atoms with Gasteiger partial charge in [0, 0.05) is 30.9 Å². The second-order valence-electron chi connectivity index (χ2n) is 8.35. The minimum absolute atomic E-state index is 0.0255. The van der Waals surface area contributed by atoms with E-state index >= 15 is 0 Å². The molecule has 1 aliphatic carbocycles. The Morgan fingerprint density at radius 3 is 2.69 bits per heavy atom. The second-order valence-corrected chi connectivity index (χ2v) is 8.76. The van der Waals surface area contributed by atoms with E-state index < -0.39 is 11.4 Å². The van der Waals surface area contributed by atoms with Crippen LogP contribution in [0.5, 0.6) is 0 Å². The summed E-state index contributed by atoms with van der Waals surface area (Å²) in [5.74, 6) is 0.457. The predicted octanol–water partition coefficient (Wildman–Crippen LogP) is 4.78. The molecular weight excluding hydrogens is 355 g/mol. The van der Waals surface area contributed by atoms with Crippen LogP contribution >= 0.6 is 11.6 Å². The number of fused-ring (bicyclic) bond motifs is 1. The SMILES string of the molecule is CC(C)(O)CC(=O)CCCc1nc2cc(F)c(Cl)cc2n1C1(C)CCC1. The summed E-state index contributed by atoms with van der Waals surface area (Å²) in [6, 6.07) is 3.05. The zero-order valence-corrected chi connectivity index (χ0v) is 16.4. The third-order valence-corrected chi connectivity index (χ3v) is 5.51. The summed E-state index contributed by atoms with van der Waals surface area (Å²) < 4.78 is 16.0. The number of halogens is 2. The zero-order valence-electron chi connectivity index (χ0n) is 15.6. The maximum atomic E-state index is 13.8. The van der Waals surface area contributed by atoms with Crippen molar-refractivity contribution in [1.29, 1.82) is 0 Å². The van der Waals surface area contributed by atoms with Crippen LogP contribution in [0.25, 0.3) is 11.0 Å². The van der Waals surface area contributed by atoms with Crippen molar-refractivity contribution in [3.63, 3.8) is 0 Å². The van der Waals surface area contributed by atoms with Gasteiger partial charge in [-0.05, 0) is 52.5 Å². The van der Waals surface area contributed by atoms with Gasteiger partial charge in [0.05, 0.1) is 21.7 Å². The lowest BCUT2D eigenvalue weighted by atomic mass is 9.78. The van der Waals surface area contributed by atoms with Crippen LogP contribution in [0.3, 0.4) is 0 Å². The molecule has 0 unspecified atom stereocenters. The fraction of sp³-hybridized carbons (Fsp3) is 0.600. The third kappa shape index (κ3) is 3.94. The standard InChI is InChI=1S/C20H26ClFN2O2/c1-19(2,26)12-13(25)6-4-7-18-23-16-11-15(22)14(21)10-17(16)24(18)20(3)8-5-9-20/h10-11,26H,4-9,12H2,1-3H3. The lowest BCUT2D eigenvalue weighted by Crippen LogP contribution is -2.38. The molecule has 0 atom stereocenters. The van der Waals surface area contributed by atoms with Gasteiger partial charge in [0.25, 0.3) is 0 Å². The van der Waals surface area contributed by atoms with Crippen molar-refractivity contribution < 1.29 is 14.3 Å². The molecule has 2 aromatic rings. The number of hydrogen-bond acceptors (Lipinski definition) is 3. The number of ketones is 1. The Labute approximate surface area is 158 Å². The van der Waals surface area contributed by atoms with E-state index in [1.807, 2.05) is 0 Å². The molecule has 0 spiro atoms. The van der Waals surface area contributed by atoms with Gasteiger partial charge in [0.15, 0.2) is 0 Å². The highest BCUT2D eigenvalue weighted by atomic mass is 35.5. The Morgan fingerprint density at radius 2 is 2.12 bits per heavy atom. The molecule has 1 aliphatic rings. The molecule has 1 heterocycles. The first-order valence-electron chi connectivity index (χ1n) is 9.20. The van der Waals surface area contributed by atoms with E-state index in [2.05, 4.69) is 16.5 Å². The zero-order chi connectivity index (χ0) is 19.1. The molecule has 4 nitrogen and oxygen atoms in total. The topological polar surface area (TPSA) is 55.1 Å². The number of hydrogen-bond donors (Lipinski definition) is 1. The van der Waals surface area contributed by atoms with Gasteiger partial charge in [-0.1, -0.05) is 11.6 Å². The van der Waals surface area contributed by atoms with Crippen molar-refractivity contribution in [2.75, 3.05) is 0 Å². The molecule has 0 saturated heterocycles. The van der Waals surface area contributed by atoms with Crippen LogP contribution in [0.4, 0.5) is 4.39 Å². The van der Waals surface area contributed by atoms with E-state index in [9.17, 15) is 14.3 Å². The molecule has 1 aromatic carbocycles. The van der Waals surface area contributed by atoms with Crippen LogP contribution in [0.15, 0.2) is 12.1 Å². The Kier molecular flexibility index (Phi) is 5.15. The van der Waals surface area contributed by atoms with Gasteiger partial charge < -0.3 is 9.67 Å². The molecule has 0 aliphatic heterocycles. The van der Waals surface area contributed by atoms with Crippen LogP contribution in [0.1, 0.15) is 65.1 Å². The molecule has 1 N–H and O–H groups in total. The number of rotatable bonds is 7. The molecule has 0 amide bonds. The Morgan fingerprint density at radius 1 is 1.42 bits per heavy atom. The summed E-state index contributed by atoms with van der Waals surface area (Å²) in [7, 11) is 0. The van der Waals surface area contributed by atoms with E-state index in [0.717, 1.165) is 30.6 Å². The highest BCUT2D eigenvalue weighted by Gasteiger charge is 2.36. The minimum atomic E-state index is -0.974. The first-order chi connectivity index (χ1) is 12.1. The number of nitrogens with zero attached hydrogens (tertiary/aromatic N) is 2. The van der Waals surface area contributed by atoms with E-state index in [-0.39, 0.29) is 22.8 Å². The van der Waals surface area contributed by atoms with E-state index in [4.69, 9.17) is 11.6 Å². The second kappa shape index (κ2) is 6.93. The molecule has 1 saturated carbocycles. The quantitative estimate of drug-likeness (QED) is 0.751. The predicted molar refractivity (Wildman–Crippen MR) is 101 cm³/mol. The van der Waals surface area contributed by atoms with Crippen LogP contribution < -0.4 is 0 Å². The minimum Gasteiger partial charge on any atom is -0.390 e. The van der Waals surface area contributed by atoms with Crippen LogP contribution in [0, 0.1) is 5.82 Å². The molecule has 1 aromatic heterocycles. The monoisotopic (exact) mass is 380 g/mol. The molecule has 0 bridgehead atoms. The number of aliphatic hydroxyl groups is 1. The highest BCUT2D eigenvalue weighted by Crippen LogP contribution is 2.42. The Hall–Kier alpha value is -1.46. The molecule has 3 rings (SSSR count). The Bertz CT molecular complexity index is 834. The number of aromatic nitrogens is 2. The molecule has 142 valence electrons. The van der Waals surface area contributed by atoms with Gasteiger partial charge in [-0.2, -0.15) is 0 Å². The summed E-state index contributed by atoms with van der Waals surface area (Å²) in [4.78, 5) is 16.6. The Balaban J connectivity index is 1.83. The number of Topliss-reactive ketones (excluding diaryl/α,β-unsaturated/α-hetero) is 1. The number of benzene rings is 1. The van der Waals surface area contributed by atoms with Gasteiger partial charge in [-0.15, -0.1) is 0 Å². The summed E-state index contributed by atoms with van der Waals surface area (Å²) in [5.41, 5.74) is 0.467. The van der Waals surface area contributed by atoms with Crippen molar-refractivity contribution in [3.8, 4) is 0 Å². The van der Waals surface area contributed by atoms with Crippen LogP contribution in [-0.4, -0.2) is 26.0 Å². The van der Waals surface area contributed by atoms with Gasteiger partial charge in [-0.3, -0.25) is 4.79 Å². The maximum Gasteiger partial charge on any atom is 0.144 e. The normalized spacial score (nSPS) is 16.7. The van der Waals surface area contributed by atoms with Crippen molar-refractivity contribution in [3.05, 3.63) is 28.8 Å². The molecule has 6 heteroatoms. The fourth-order valence-corrected chi connectivity index (χ4v) is 3.98. The van der Waals surface area contributed by atoms with Crippen molar-refractivity contribution in [2.24, 2.45) is 0 Å². The number of imidazole rings is 1. The third-order valence-electron chi connectivity index (χ3n) is 5.22. The average molecular weight is 381 g/mol. The van der Waals surface area contributed by atoms with Gasteiger partial charge >= 0.3 is 0 Å². The summed E-state index contributed by atoms with van der Waals surface area (Å²) >= 11 is 6.00. The lowest BCUT2D eigenvalue weighted by molar-refractivity contribution is -0.122. The van der Waals surface area contributed by atoms with Crippen molar-refractivity contribution in [2.45, 2.75) is 76.9 Å². The number of carbonyl (C=O) groups is 1. The van der Waals surface area contributed by atoms with Gasteiger partial charge in [-0.25, -0.2) is 9.37 Å². The van der Waals surface area contributed by atoms with Gasteiger partial charge in [0.2, 0.25) is 0 Å². The first-order valence-corrected chi connectivity index (χ1v) is 9.58. The van der Waals surface area contributed by atoms with Crippen molar-refractivity contribution in [1.82, 2.24) is 9.55 Å². The smallest absolute Gasteiger partial charge is 0.144 e. The maximum absolute atomic E-state index is 13.8. The van der Waals surface area contributed by atoms with Crippen LogP contribution in [-0.2, 0) is 16.8 Å². The molecular formula is C20H26ClFN2O2. The fourth-order valence-electron chi connectivity index (χ4n) is 3.82. The van der Waals surface area contributed by atoms with E-state index in [1.165, 1.54) is 6.07 Å². The lowest BCUT2D eigenvalue weighted by Gasteiger charge is -2.41. The van der Waals surface area contributed by atoms with E-state index in [1.54, 1.807) is 19.9 Å². The number of aryl methyl sites for hydroxylation is 1. The molecule has 26 heavy (non-hydrogen) atoms. The van der Waals surface area contributed by atoms with Gasteiger partial charge in [0.1, 0.15) is 17.4 Å². The summed E-state index contributed by atoms with van der Waals surface area (Å²) in [6.45, 7) is 5.47. The largest absolute Gasteiger partial charge is 0.390 e. The highest BCUT2D eigenvalue weighted by molar-refractivity contribution is 6.31. The molecule has 1 fully saturated rings. The molecule has 0 radical (unpaired) electrons. The average Bonchev–Trinajstić information content (AvgIpc) is 2.81. The van der Waals surface area contributed by atoms with E-state index in [0.29, 0.717) is 24.8 Å². The summed E-state index contributed by atoms with van der Waals surface area (Å²) in [5, 5.41) is 9.86. The summed E-state index contributed by atoms with van der Waals surface area (Å²) in [6.07, 6.45) is 5.12. The van der Waals surface area contributed by atoms with Crippen LogP contribution in [0.2, 0.25) is 5.02 Å².